The molecule has 0 spiro atoms. The maximum atomic E-state index is 13.2. The lowest BCUT2D eigenvalue weighted by atomic mass is 9.76. The predicted molar refractivity (Wildman–Crippen MR) is 108 cm³/mol. The van der Waals surface area contributed by atoms with Gasteiger partial charge in [0.25, 0.3) is 5.91 Å². The van der Waals surface area contributed by atoms with Crippen molar-refractivity contribution in [2.75, 3.05) is 18.5 Å². The molecule has 0 bridgehead atoms. The van der Waals surface area contributed by atoms with Gasteiger partial charge in [0.05, 0.1) is 28.6 Å². The van der Waals surface area contributed by atoms with E-state index >= 15 is 0 Å². The van der Waals surface area contributed by atoms with Crippen LogP contribution in [0.15, 0.2) is 0 Å². The van der Waals surface area contributed by atoms with Crippen molar-refractivity contribution in [2.45, 2.75) is 64.6 Å². The van der Waals surface area contributed by atoms with E-state index < -0.39 is 34.4 Å². The van der Waals surface area contributed by atoms with Crippen molar-refractivity contribution in [1.82, 2.24) is 0 Å². The minimum atomic E-state index is -1.07. The van der Waals surface area contributed by atoms with Gasteiger partial charge in [-0.15, -0.1) is 11.3 Å². The average Bonchev–Trinajstić information content (AvgIpc) is 2.92. The van der Waals surface area contributed by atoms with Crippen LogP contribution in [-0.2, 0) is 31.1 Å². The minimum absolute atomic E-state index is 0.291. The molecule has 3 rings (SSSR count). The second-order valence-electron chi connectivity index (χ2n) is 8.94. The molecule has 0 saturated carbocycles. The van der Waals surface area contributed by atoms with Gasteiger partial charge in [0.2, 0.25) is 5.91 Å². The largest absolute Gasteiger partial charge is 0.481 e. The predicted octanol–water partition coefficient (Wildman–Crippen LogP) is 2.64. The number of thiophene rings is 1. The summed E-state index contributed by atoms with van der Waals surface area (Å²) in [7, 11) is 0. The van der Waals surface area contributed by atoms with Crippen LogP contribution in [0.3, 0.4) is 0 Å². The topological polar surface area (TPSA) is 128 Å². The molecular formula is C20H28N2O6S. The highest BCUT2D eigenvalue weighted by molar-refractivity contribution is 7.17. The van der Waals surface area contributed by atoms with Gasteiger partial charge in [-0.05, 0) is 46.1 Å². The molecule has 0 atom stereocenters. The smallest absolute Gasteiger partial charge is 0.304 e. The van der Waals surface area contributed by atoms with E-state index in [0.29, 0.717) is 43.0 Å². The standard InChI is InChI=1S/C20H28N2O6S/c1-18(2)9-11-13(15(21)25)16(29-14(11)19(3,4)28-18)22-17(26)20(10-12(23)24)5-7-27-8-6-20/h5-10H2,1-4H3,(H2,21,25)(H,22,26)(H,23,24). The number of rotatable bonds is 5. The summed E-state index contributed by atoms with van der Waals surface area (Å²) in [5, 5.41) is 12.5. The summed E-state index contributed by atoms with van der Waals surface area (Å²) in [5.74, 6) is -2.08. The molecule has 0 aliphatic carbocycles. The SMILES string of the molecule is CC1(C)Cc2c(sc(NC(=O)C3(CC(=O)O)CCOCC3)c2C(N)=O)C(C)(C)O1. The molecular weight excluding hydrogens is 396 g/mol. The van der Waals surface area contributed by atoms with Gasteiger partial charge >= 0.3 is 5.97 Å². The first-order valence-corrected chi connectivity index (χ1v) is 10.5. The lowest BCUT2D eigenvalue weighted by Gasteiger charge is -2.41. The minimum Gasteiger partial charge on any atom is -0.481 e. The third-order valence-electron chi connectivity index (χ3n) is 5.58. The Morgan fingerprint density at radius 3 is 2.34 bits per heavy atom. The van der Waals surface area contributed by atoms with E-state index in [-0.39, 0.29) is 6.42 Å². The Balaban J connectivity index is 2.01. The van der Waals surface area contributed by atoms with E-state index in [1.54, 1.807) is 0 Å². The van der Waals surface area contributed by atoms with Crippen LogP contribution in [0.25, 0.3) is 0 Å². The summed E-state index contributed by atoms with van der Waals surface area (Å²) < 4.78 is 11.5. The molecule has 4 N–H and O–H groups in total. The number of ether oxygens (including phenoxy) is 2. The molecule has 8 nitrogen and oxygen atoms in total. The molecule has 3 heterocycles. The first-order chi connectivity index (χ1) is 13.4. The number of nitrogens with one attached hydrogen (secondary N) is 1. The van der Waals surface area contributed by atoms with Crippen LogP contribution in [-0.4, -0.2) is 41.7 Å². The molecule has 2 amide bonds. The van der Waals surface area contributed by atoms with E-state index in [4.69, 9.17) is 15.2 Å². The van der Waals surface area contributed by atoms with Gasteiger partial charge < -0.3 is 25.6 Å². The third-order valence-corrected chi connectivity index (χ3v) is 7.03. The van der Waals surface area contributed by atoms with Crippen molar-refractivity contribution in [3.05, 3.63) is 16.0 Å². The van der Waals surface area contributed by atoms with Crippen LogP contribution >= 0.6 is 11.3 Å². The van der Waals surface area contributed by atoms with Crippen molar-refractivity contribution in [3.63, 3.8) is 0 Å². The van der Waals surface area contributed by atoms with Gasteiger partial charge in [0, 0.05) is 24.5 Å². The van der Waals surface area contributed by atoms with E-state index in [0.717, 1.165) is 10.4 Å². The Labute approximate surface area is 173 Å². The zero-order valence-corrected chi connectivity index (χ0v) is 18.0. The van der Waals surface area contributed by atoms with Crippen molar-refractivity contribution in [1.29, 1.82) is 0 Å². The summed E-state index contributed by atoms with van der Waals surface area (Å²) in [6.07, 6.45) is 0.818. The summed E-state index contributed by atoms with van der Waals surface area (Å²) >= 11 is 1.27. The first-order valence-electron chi connectivity index (χ1n) is 9.64. The van der Waals surface area contributed by atoms with E-state index in [9.17, 15) is 19.5 Å². The van der Waals surface area contributed by atoms with Crippen molar-refractivity contribution >= 4 is 34.1 Å². The quantitative estimate of drug-likeness (QED) is 0.667. The fraction of sp³-hybridized carbons (Fsp3) is 0.650. The van der Waals surface area contributed by atoms with Gasteiger partial charge in [0.15, 0.2) is 0 Å². The molecule has 1 aromatic rings. The van der Waals surface area contributed by atoms with Crippen LogP contribution < -0.4 is 11.1 Å². The molecule has 0 radical (unpaired) electrons. The number of carboxylic acids is 1. The highest BCUT2D eigenvalue weighted by Gasteiger charge is 2.45. The van der Waals surface area contributed by atoms with Gasteiger partial charge in [-0.1, -0.05) is 0 Å². The van der Waals surface area contributed by atoms with Gasteiger partial charge in [-0.25, -0.2) is 0 Å². The number of hydrogen-bond donors (Lipinski definition) is 3. The second kappa shape index (κ2) is 7.37. The Morgan fingerprint density at radius 2 is 1.79 bits per heavy atom. The monoisotopic (exact) mass is 424 g/mol. The molecule has 0 aromatic carbocycles. The van der Waals surface area contributed by atoms with Crippen LogP contribution in [0.1, 0.15) is 67.8 Å². The molecule has 0 unspecified atom stereocenters. The first kappa shape index (κ1) is 21.7. The maximum absolute atomic E-state index is 13.2. The third kappa shape index (κ3) is 4.17. The summed E-state index contributed by atoms with van der Waals surface area (Å²) in [6.45, 7) is 8.37. The molecule has 1 fully saturated rings. The van der Waals surface area contributed by atoms with Crippen LogP contribution in [0, 0.1) is 5.41 Å². The zero-order valence-electron chi connectivity index (χ0n) is 17.2. The molecule has 160 valence electrons. The number of aliphatic carboxylic acids is 1. The lowest BCUT2D eigenvalue weighted by Crippen LogP contribution is -2.43. The number of hydrogen-bond acceptors (Lipinski definition) is 6. The molecule has 1 aromatic heterocycles. The Morgan fingerprint density at radius 1 is 1.17 bits per heavy atom. The van der Waals surface area contributed by atoms with E-state index in [2.05, 4.69) is 5.32 Å². The number of nitrogens with two attached hydrogens (primary N) is 1. The number of carbonyl (C=O) groups excluding carboxylic acids is 2. The van der Waals surface area contributed by atoms with Crippen LogP contribution in [0.4, 0.5) is 5.00 Å². The Hall–Kier alpha value is -1.97. The number of primary amides is 1. The summed E-state index contributed by atoms with van der Waals surface area (Å²) in [5.41, 5.74) is 4.56. The second-order valence-corrected chi connectivity index (χ2v) is 9.96. The maximum Gasteiger partial charge on any atom is 0.304 e. The van der Waals surface area contributed by atoms with Crippen molar-refractivity contribution in [3.8, 4) is 0 Å². The number of anilines is 1. The molecule has 2 aliphatic heterocycles. The van der Waals surface area contributed by atoms with Crippen LogP contribution in [0.2, 0.25) is 0 Å². The van der Waals surface area contributed by atoms with Crippen molar-refractivity contribution in [2.24, 2.45) is 11.1 Å². The number of fused-ring (bicyclic) bond motifs is 1. The highest BCUT2D eigenvalue weighted by atomic mass is 32.1. The number of amides is 2. The van der Waals surface area contributed by atoms with Gasteiger partial charge in [0.1, 0.15) is 5.00 Å². The zero-order chi connectivity index (χ0) is 21.6. The normalized spacial score (nSPS) is 21.8. The molecule has 29 heavy (non-hydrogen) atoms. The fourth-order valence-electron chi connectivity index (χ4n) is 4.44. The number of carbonyl (C=O) groups is 3. The summed E-state index contributed by atoms with van der Waals surface area (Å²) in [4.78, 5) is 37.8. The van der Waals surface area contributed by atoms with E-state index in [1.807, 2.05) is 27.7 Å². The average molecular weight is 425 g/mol. The lowest BCUT2D eigenvalue weighted by molar-refractivity contribution is -0.147. The number of carboxylic acid groups (broad SMARTS) is 1. The molecule has 1 saturated heterocycles. The molecule has 2 aliphatic rings. The highest BCUT2D eigenvalue weighted by Crippen LogP contribution is 2.48. The van der Waals surface area contributed by atoms with E-state index in [1.165, 1.54) is 11.3 Å². The van der Waals surface area contributed by atoms with Gasteiger partial charge in [-0.3, -0.25) is 14.4 Å². The van der Waals surface area contributed by atoms with Crippen molar-refractivity contribution < 1.29 is 29.0 Å². The summed E-state index contributed by atoms with van der Waals surface area (Å²) in [6, 6.07) is 0. The van der Waals surface area contributed by atoms with Gasteiger partial charge in [-0.2, -0.15) is 0 Å². The Kier molecular flexibility index (Phi) is 5.53. The Bertz CT molecular complexity index is 851. The fourth-order valence-corrected chi connectivity index (χ4v) is 5.70. The molecule has 9 heteroatoms. The van der Waals surface area contributed by atoms with Crippen LogP contribution in [0.5, 0.6) is 0 Å².